The zero-order chi connectivity index (χ0) is 33.1. The van der Waals surface area contributed by atoms with Crippen LogP contribution in [0.15, 0.2) is 36.4 Å². The zero-order valence-corrected chi connectivity index (χ0v) is 27.9. The van der Waals surface area contributed by atoms with E-state index in [0.717, 1.165) is 19.3 Å². The summed E-state index contributed by atoms with van der Waals surface area (Å²) in [5.74, 6) is -1.07. The van der Waals surface area contributed by atoms with Gasteiger partial charge in [0.2, 0.25) is 21.6 Å². The molecule has 0 radical (unpaired) electrons. The van der Waals surface area contributed by atoms with Gasteiger partial charge in [-0.3, -0.25) is 14.3 Å². The maximum atomic E-state index is 15.6. The summed E-state index contributed by atoms with van der Waals surface area (Å²) in [6.45, 7) is 6.85. The summed E-state index contributed by atoms with van der Waals surface area (Å²) in [6, 6.07) is 9.86. The lowest BCUT2D eigenvalue weighted by Gasteiger charge is -2.38. The molecule has 4 fully saturated rings. The highest BCUT2D eigenvalue weighted by Gasteiger charge is 2.56. The second kappa shape index (κ2) is 11.6. The van der Waals surface area contributed by atoms with Gasteiger partial charge < -0.3 is 15.4 Å². The molecule has 1 heterocycles. The van der Waals surface area contributed by atoms with E-state index in [9.17, 15) is 22.4 Å². The Morgan fingerprint density at radius 1 is 1.09 bits per heavy atom. The minimum atomic E-state index is -3.84. The highest BCUT2D eigenvalue weighted by Crippen LogP contribution is 2.45. The summed E-state index contributed by atoms with van der Waals surface area (Å²) in [5.41, 5.74) is -1.12. The Labute approximate surface area is 270 Å². The van der Waals surface area contributed by atoms with E-state index in [1.807, 2.05) is 13.0 Å². The molecule has 250 valence electrons. The number of alkyl halides is 1. The van der Waals surface area contributed by atoms with Crippen LogP contribution in [0.1, 0.15) is 96.6 Å². The van der Waals surface area contributed by atoms with E-state index in [1.54, 1.807) is 45.0 Å². The summed E-state index contributed by atoms with van der Waals surface area (Å²) in [4.78, 5) is 26.4. The molecule has 0 aromatic heterocycles. The normalized spacial score (nSPS) is 26.4. The van der Waals surface area contributed by atoms with Crippen LogP contribution >= 0.6 is 0 Å². The van der Waals surface area contributed by atoms with Crippen molar-refractivity contribution < 1.29 is 31.5 Å². The molecule has 3 aliphatic carbocycles. The SMILES string of the molecule is CCc1c(F)cccc1-c1cc(C(C)(C)C(=O)NS(=O)(=O)C2(C)CC2)ccc1O[C@@H]1CC[C@@H](NC(=O)[C@@]2(F)CNC3(CCC3)C2)C1. The largest absolute Gasteiger partial charge is 0.490 e. The van der Waals surface area contributed by atoms with Crippen molar-refractivity contribution in [1.29, 1.82) is 0 Å². The Hall–Kier alpha value is -3.05. The topological polar surface area (TPSA) is 114 Å². The Balaban J connectivity index is 1.22. The van der Waals surface area contributed by atoms with Gasteiger partial charge in [0.1, 0.15) is 17.7 Å². The molecule has 2 aromatic rings. The Morgan fingerprint density at radius 3 is 2.46 bits per heavy atom. The van der Waals surface area contributed by atoms with Crippen molar-refractivity contribution in [2.45, 2.75) is 125 Å². The number of ether oxygens (including phenoxy) is 1. The zero-order valence-electron chi connectivity index (χ0n) is 27.1. The van der Waals surface area contributed by atoms with Crippen LogP contribution in [0.4, 0.5) is 8.78 Å². The molecule has 4 aliphatic rings. The monoisotopic (exact) mass is 657 g/mol. The number of carbonyl (C=O) groups is 2. The van der Waals surface area contributed by atoms with Gasteiger partial charge in [-0.05, 0) is 107 Å². The maximum Gasteiger partial charge on any atom is 0.259 e. The first kappa shape index (κ1) is 32.9. The van der Waals surface area contributed by atoms with Crippen molar-refractivity contribution >= 4 is 21.8 Å². The van der Waals surface area contributed by atoms with Crippen LogP contribution in [-0.2, 0) is 31.4 Å². The standard InChI is InChI=1S/C35H45F2N3O5S/c1-5-25-26(8-6-9-28(25)36)27-18-22(32(2,3)30(41)40-46(43,44)33(4)16-17-33)10-13-29(27)45-24-12-11-23(19-24)39-31(42)35(37)20-34(38-21-35)14-7-15-34/h6,8-10,13,18,23-24,38H,5,7,11-12,14-17,19-21H2,1-4H3,(H,39,42)(H,40,41)/t23-,24-,35+/m1/s1. The number of hydrogen-bond donors (Lipinski definition) is 3. The van der Waals surface area contributed by atoms with E-state index >= 15 is 4.39 Å². The smallest absolute Gasteiger partial charge is 0.259 e. The number of benzene rings is 2. The van der Waals surface area contributed by atoms with Crippen LogP contribution in [0, 0.1) is 5.82 Å². The van der Waals surface area contributed by atoms with Crippen LogP contribution in [0.2, 0.25) is 0 Å². The molecule has 1 saturated heterocycles. The molecule has 6 rings (SSSR count). The first-order valence-electron chi connectivity index (χ1n) is 16.5. The molecule has 11 heteroatoms. The Morgan fingerprint density at radius 2 is 1.83 bits per heavy atom. The van der Waals surface area contributed by atoms with Crippen molar-refractivity contribution in [2.24, 2.45) is 0 Å². The summed E-state index contributed by atoms with van der Waals surface area (Å²) < 4.78 is 64.2. The van der Waals surface area contributed by atoms with E-state index in [4.69, 9.17) is 4.74 Å². The van der Waals surface area contributed by atoms with E-state index < -0.39 is 37.7 Å². The molecular weight excluding hydrogens is 612 g/mol. The number of carbonyl (C=O) groups excluding carboxylic acids is 2. The quantitative estimate of drug-likeness (QED) is 0.317. The molecule has 0 unspecified atom stereocenters. The second-order valence-electron chi connectivity index (χ2n) is 14.7. The first-order chi connectivity index (χ1) is 21.6. The maximum absolute atomic E-state index is 15.6. The van der Waals surface area contributed by atoms with E-state index in [0.29, 0.717) is 66.5 Å². The summed E-state index contributed by atoms with van der Waals surface area (Å²) >= 11 is 0. The van der Waals surface area contributed by atoms with E-state index in [2.05, 4.69) is 15.4 Å². The summed E-state index contributed by atoms with van der Waals surface area (Å²) in [5, 5.41) is 6.18. The van der Waals surface area contributed by atoms with Crippen LogP contribution in [-0.4, -0.2) is 54.9 Å². The summed E-state index contributed by atoms with van der Waals surface area (Å²) in [6.07, 6.45) is 5.99. The van der Waals surface area contributed by atoms with Crippen LogP contribution in [0.5, 0.6) is 5.75 Å². The molecule has 3 atom stereocenters. The van der Waals surface area contributed by atoms with Gasteiger partial charge in [0.15, 0.2) is 0 Å². The predicted molar refractivity (Wildman–Crippen MR) is 172 cm³/mol. The summed E-state index contributed by atoms with van der Waals surface area (Å²) in [7, 11) is -3.84. The minimum absolute atomic E-state index is 0.0359. The number of halogens is 2. The third-order valence-electron chi connectivity index (χ3n) is 11.0. The van der Waals surface area contributed by atoms with Gasteiger partial charge in [-0.25, -0.2) is 17.2 Å². The number of rotatable bonds is 10. The molecule has 2 amide bonds. The predicted octanol–water partition coefficient (Wildman–Crippen LogP) is 5.37. The van der Waals surface area contributed by atoms with Gasteiger partial charge >= 0.3 is 0 Å². The van der Waals surface area contributed by atoms with Gasteiger partial charge in [-0.2, -0.15) is 0 Å². The average Bonchev–Trinajstić information content (AvgIpc) is 3.42. The van der Waals surface area contributed by atoms with Crippen LogP contribution < -0.4 is 20.1 Å². The lowest BCUT2D eigenvalue weighted by molar-refractivity contribution is -0.133. The van der Waals surface area contributed by atoms with Gasteiger partial charge in [0.25, 0.3) is 5.91 Å². The molecule has 3 saturated carbocycles. The van der Waals surface area contributed by atoms with Crippen molar-refractivity contribution in [2.75, 3.05) is 6.54 Å². The highest BCUT2D eigenvalue weighted by molar-refractivity contribution is 7.91. The fourth-order valence-corrected chi connectivity index (χ4v) is 8.52. The van der Waals surface area contributed by atoms with Gasteiger partial charge in [-0.1, -0.05) is 25.1 Å². The van der Waals surface area contributed by atoms with Crippen LogP contribution in [0.3, 0.4) is 0 Å². The molecular formula is C35H45F2N3O5S. The first-order valence-corrected chi connectivity index (χ1v) is 18.0. The lowest BCUT2D eigenvalue weighted by atomic mass is 9.74. The van der Waals surface area contributed by atoms with E-state index in [1.165, 1.54) is 6.07 Å². The van der Waals surface area contributed by atoms with Crippen molar-refractivity contribution in [3.8, 4) is 16.9 Å². The van der Waals surface area contributed by atoms with Crippen molar-refractivity contribution in [3.63, 3.8) is 0 Å². The second-order valence-corrected chi connectivity index (χ2v) is 16.9. The molecule has 1 aliphatic heterocycles. The third kappa shape index (κ3) is 5.93. The molecule has 46 heavy (non-hydrogen) atoms. The lowest BCUT2D eigenvalue weighted by Crippen LogP contribution is -2.49. The number of amides is 2. The van der Waals surface area contributed by atoms with Crippen LogP contribution in [0.25, 0.3) is 11.1 Å². The molecule has 2 aromatic carbocycles. The molecule has 0 bridgehead atoms. The minimum Gasteiger partial charge on any atom is -0.490 e. The van der Waals surface area contributed by atoms with Crippen molar-refractivity contribution in [1.82, 2.24) is 15.4 Å². The number of nitrogens with one attached hydrogen (secondary N) is 3. The average molecular weight is 658 g/mol. The van der Waals surface area contributed by atoms with E-state index in [-0.39, 0.29) is 36.5 Å². The van der Waals surface area contributed by atoms with Gasteiger partial charge in [0, 0.05) is 36.5 Å². The molecule has 8 nitrogen and oxygen atoms in total. The molecule has 3 N–H and O–H groups in total. The number of hydrogen-bond acceptors (Lipinski definition) is 6. The number of sulfonamides is 1. The van der Waals surface area contributed by atoms with Gasteiger partial charge in [-0.15, -0.1) is 0 Å². The fraction of sp³-hybridized carbons (Fsp3) is 0.600. The Kier molecular flexibility index (Phi) is 8.27. The molecule has 1 spiro atoms. The fourth-order valence-electron chi connectivity index (χ4n) is 7.13. The van der Waals surface area contributed by atoms with Crippen molar-refractivity contribution in [3.05, 3.63) is 53.3 Å². The van der Waals surface area contributed by atoms with Gasteiger partial charge in [0.05, 0.1) is 10.2 Å². The Bertz CT molecular complexity index is 1650. The third-order valence-corrected chi connectivity index (χ3v) is 13.1. The highest BCUT2D eigenvalue weighted by atomic mass is 32.2.